The van der Waals surface area contributed by atoms with Crippen molar-refractivity contribution in [3.63, 3.8) is 0 Å². The highest BCUT2D eigenvalue weighted by molar-refractivity contribution is 7.10. The molecule has 20 heteroatoms. The van der Waals surface area contributed by atoms with Crippen LogP contribution in [0, 0.1) is 0 Å². The van der Waals surface area contributed by atoms with Gasteiger partial charge in [0.25, 0.3) is 11.8 Å². The first-order valence-electron chi connectivity index (χ1n) is 19.2. The molecular formula is C41H46N10O9S. The number of aliphatic hydroxyl groups excluding tert-OH is 1. The smallest absolute Gasteiger partial charge is 0.271 e. The van der Waals surface area contributed by atoms with E-state index in [0.717, 1.165) is 27.1 Å². The molecule has 0 saturated heterocycles. The number of aromatic amines is 2. The summed E-state index contributed by atoms with van der Waals surface area (Å²) in [6, 6.07) is 6.63. The highest BCUT2D eigenvalue weighted by Gasteiger charge is 2.32. The van der Waals surface area contributed by atoms with Crippen molar-refractivity contribution in [1.29, 1.82) is 0 Å². The van der Waals surface area contributed by atoms with E-state index in [4.69, 9.17) is 4.74 Å². The molecule has 1 aliphatic heterocycles. The molecule has 0 radical (unpaired) electrons. The number of carbonyl (C=O) groups is 7. The number of H-pyrrole nitrogens is 2. The summed E-state index contributed by atoms with van der Waals surface area (Å²) in [5.74, 6) is -4.82. The molecule has 1 aliphatic rings. The van der Waals surface area contributed by atoms with Crippen LogP contribution in [0.15, 0.2) is 72.5 Å². The number of hydrogen-bond acceptors (Lipinski definition) is 11. The Labute approximate surface area is 353 Å². The van der Waals surface area contributed by atoms with Gasteiger partial charge in [0.15, 0.2) is 0 Å². The lowest BCUT2D eigenvalue weighted by molar-refractivity contribution is -0.134. The summed E-state index contributed by atoms with van der Waals surface area (Å²) in [5.41, 5.74) is 2.28. The molecule has 0 spiro atoms. The number of thiazole rings is 1. The summed E-state index contributed by atoms with van der Waals surface area (Å²) < 4.78 is 5.60. The molecule has 9 N–H and O–H groups in total. The van der Waals surface area contributed by atoms with Crippen LogP contribution in [0.2, 0.25) is 0 Å². The van der Waals surface area contributed by atoms with Gasteiger partial charge in [-0.05, 0) is 43.2 Å². The fraction of sp³-hybridized carbons (Fsp3) is 0.317. The van der Waals surface area contributed by atoms with Gasteiger partial charge in [0, 0.05) is 59.5 Å². The van der Waals surface area contributed by atoms with E-state index in [0.29, 0.717) is 27.8 Å². The van der Waals surface area contributed by atoms with E-state index in [1.54, 1.807) is 24.5 Å². The normalized spacial score (nSPS) is 21.9. The number of aromatic nitrogens is 3. The zero-order chi connectivity index (χ0) is 44.0. The van der Waals surface area contributed by atoms with Crippen LogP contribution in [0.5, 0.6) is 5.75 Å². The predicted octanol–water partition coefficient (Wildman–Crippen LogP) is 0.444. The highest BCUT2D eigenvalue weighted by atomic mass is 32.1. The average molecular weight is 855 g/mol. The summed E-state index contributed by atoms with van der Waals surface area (Å²) in [4.78, 5) is 107. The third-order valence-corrected chi connectivity index (χ3v) is 11.0. The van der Waals surface area contributed by atoms with Crippen molar-refractivity contribution in [2.45, 2.75) is 56.9 Å². The van der Waals surface area contributed by atoms with Gasteiger partial charge in [-0.2, -0.15) is 0 Å². The van der Waals surface area contributed by atoms with Crippen LogP contribution in [0.3, 0.4) is 0 Å². The Morgan fingerprint density at radius 2 is 1.43 bits per heavy atom. The van der Waals surface area contributed by atoms with Gasteiger partial charge in [-0.1, -0.05) is 30.8 Å². The zero-order valence-corrected chi connectivity index (χ0v) is 34.5. The minimum atomic E-state index is -1.33. The number of amides is 7. The predicted molar refractivity (Wildman–Crippen MR) is 224 cm³/mol. The van der Waals surface area contributed by atoms with Crippen molar-refractivity contribution in [1.82, 2.24) is 51.8 Å². The average Bonchev–Trinajstić information content (AvgIpc) is 4.01. The summed E-state index contributed by atoms with van der Waals surface area (Å²) in [7, 11) is 2.80. The number of benzene rings is 2. The second kappa shape index (κ2) is 18.9. The first kappa shape index (κ1) is 43.5. The molecule has 5 aromatic rings. The second-order valence-electron chi connectivity index (χ2n) is 14.5. The maximum absolute atomic E-state index is 14.5. The topological polar surface area (TPSA) is 269 Å². The molecule has 2 bridgehead atoms. The highest BCUT2D eigenvalue weighted by Crippen LogP contribution is 2.29. The van der Waals surface area contributed by atoms with E-state index in [2.05, 4.69) is 53.4 Å². The lowest BCUT2D eigenvalue weighted by Crippen LogP contribution is -2.58. The van der Waals surface area contributed by atoms with Crippen LogP contribution in [-0.2, 0) is 41.6 Å². The van der Waals surface area contributed by atoms with Gasteiger partial charge >= 0.3 is 0 Å². The summed E-state index contributed by atoms with van der Waals surface area (Å²) in [6.07, 6.45) is 3.28. The van der Waals surface area contributed by atoms with Crippen LogP contribution in [0.25, 0.3) is 21.8 Å². The van der Waals surface area contributed by atoms with Crippen molar-refractivity contribution in [2.75, 3.05) is 27.3 Å². The number of carbonyl (C=O) groups excluding carboxylic acids is 7. The molecule has 5 atom stereocenters. The van der Waals surface area contributed by atoms with Crippen molar-refractivity contribution in [2.24, 2.45) is 0 Å². The minimum Gasteiger partial charge on any atom is -0.496 e. The van der Waals surface area contributed by atoms with E-state index in [-0.39, 0.29) is 29.2 Å². The third kappa shape index (κ3) is 10.0. The lowest BCUT2D eigenvalue weighted by Gasteiger charge is -2.25. The first-order valence-corrected chi connectivity index (χ1v) is 20.1. The number of ether oxygens (including phenoxy) is 1. The maximum Gasteiger partial charge on any atom is 0.271 e. The summed E-state index contributed by atoms with van der Waals surface area (Å²) in [6.45, 7) is 5.22. The molecule has 7 amide bonds. The van der Waals surface area contributed by atoms with Gasteiger partial charge < -0.3 is 56.6 Å². The van der Waals surface area contributed by atoms with Gasteiger partial charge in [-0.25, -0.2) is 4.98 Å². The van der Waals surface area contributed by atoms with Crippen LogP contribution < -0.4 is 36.6 Å². The van der Waals surface area contributed by atoms with E-state index >= 15 is 0 Å². The molecule has 0 saturated carbocycles. The maximum atomic E-state index is 14.5. The molecule has 0 fully saturated rings. The number of aliphatic hydroxyl groups is 1. The van der Waals surface area contributed by atoms with Crippen LogP contribution in [0.4, 0.5) is 0 Å². The van der Waals surface area contributed by atoms with Crippen LogP contribution in [0.1, 0.15) is 46.5 Å². The van der Waals surface area contributed by atoms with Gasteiger partial charge in [0.05, 0.1) is 26.0 Å². The number of rotatable bonds is 6. The zero-order valence-electron chi connectivity index (χ0n) is 33.7. The quantitative estimate of drug-likeness (QED) is 0.106. The van der Waals surface area contributed by atoms with E-state index in [1.807, 2.05) is 30.3 Å². The molecule has 6 rings (SSSR count). The monoisotopic (exact) mass is 854 g/mol. The fourth-order valence-electron chi connectivity index (χ4n) is 6.80. The number of para-hydroxylation sites is 1. The molecule has 61 heavy (non-hydrogen) atoms. The largest absolute Gasteiger partial charge is 0.496 e. The number of likely N-dealkylation sites (N-methyl/N-ethyl adjacent to an activating group) is 1. The standard InChI is InChI=1S/C41H46N10O9S/c1-20-36(55)46-22(3)41(59)51(4)17-33(53)47-30(18-52)40-50-31(19-61-40)39(58)49-28(13-23-15-42-26-10-7-6-9-25(23)26)38(57)48-29(37(56)45-21(2)35(54)44-20)14-24-16-43-27-11-8-12-32(60-5)34(24)27/h6-12,15-16,19-21,28-30,42-43,52H,3,13-14,17-18H2,1-2,4-5H3,(H,44,54)(H,45,56)(H,46,55)(H,47,53)(H,48,57)(H,49,58)/t20-,21+,28+,29+,30-/m1/s1. The van der Waals surface area contributed by atoms with Crippen molar-refractivity contribution >= 4 is 74.5 Å². The van der Waals surface area contributed by atoms with E-state index in [1.165, 1.54) is 33.4 Å². The Balaban J connectivity index is 1.37. The molecule has 3 aromatic heterocycles. The van der Waals surface area contributed by atoms with E-state index < -0.39 is 84.7 Å². The van der Waals surface area contributed by atoms with Crippen molar-refractivity contribution in [3.8, 4) is 5.75 Å². The molecule has 19 nitrogen and oxygen atoms in total. The van der Waals surface area contributed by atoms with E-state index in [9.17, 15) is 38.7 Å². The Morgan fingerprint density at radius 3 is 2.18 bits per heavy atom. The van der Waals surface area contributed by atoms with Gasteiger partial charge in [0.1, 0.15) is 46.7 Å². The number of methoxy groups -OCH3 is 1. The number of nitrogens with zero attached hydrogens (tertiary/aromatic N) is 2. The Hall–Kier alpha value is -7.06. The molecule has 0 unspecified atom stereocenters. The minimum absolute atomic E-state index is 0.0272. The van der Waals surface area contributed by atoms with Crippen LogP contribution in [-0.4, -0.2) is 118 Å². The molecule has 2 aromatic carbocycles. The van der Waals surface area contributed by atoms with Crippen LogP contribution >= 0.6 is 11.3 Å². The van der Waals surface area contributed by atoms with Crippen molar-refractivity contribution < 1.29 is 43.4 Å². The fourth-order valence-corrected chi connectivity index (χ4v) is 7.64. The molecule has 0 aliphatic carbocycles. The summed E-state index contributed by atoms with van der Waals surface area (Å²) >= 11 is 0.973. The first-order chi connectivity index (χ1) is 29.2. The Morgan fingerprint density at radius 1 is 0.787 bits per heavy atom. The number of fused-ring (bicyclic) bond motifs is 4. The SMILES string of the molecule is C=C1NC(=O)[C@@H](C)NC(=O)[C@H](C)NC(=O)[C@H](Cc2c[nH]c3cccc(OC)c23)NC(=O)[C@H](Cc2c[nH]c3ccccc23)NC(=O)c2csc(n2)[C@@H](CO)NC(=O)CN(C)C1=O. The van der Waals surface area contributed by atoms with Gasteiger partial charge in [0.2, 0.25) is 29.5 Å². The second-order valence-corrected chi connectivity index (χ2v) is 15.4. The Bertz CT molecular complexity index is 2510. The third-order valence-electron chi connectivity index (χ3n) is 10.1. The van der Waals surface area contributed by atoms with Gasteiger partial charge in [-0.15, -0.1) is 11.3 Å². The summed E-state index contributed by atoms with van der Waals surface area (Å²) in [5, 5.41) is 28.8. The molecule has 320 valence electrons. The number of nitrogens with one attached hydrogen (secondary N) is 8. The Kier molecular flexibility index (Phi) is 13.5. The molecule has 4 heterocycles. The lowest BCUT2D eigenvalue weighted by atomic mass is 10.0. The van der Waals surface area contributed by atoms with Crippen molar-refractivity contribution in [3.05, 3.63) is 94.3 Å². The number of hydrogen-bond donors (Lipinski definition) is 9. The molecular weight excluding hydrogens is 809 g/mol. The van der Waals surface area contributed by atoms with Gasteiger partial charge in [-0.3, -0.25) is 33.6 Å².